The molecule has 4 rings (SSSR count). The molecule has 1 N–H and O–H groups in total. The van der Waals surface area contributed by atoms with Crippen molar-refractivity contribution in [3.05, 3.63) is 59.7 Å². The van der Waals surface area contributed by atoms with E-state index >= 15 is 0 Å². The molecule has 0 bridgehead atoms. The molecular weight excluding hydrogens is 487 g/mol. The number of hydrogen-bond acceptors (Lipinski definition) is 3. The Labute approximate surface area is 197 Å². The monoisotopic (exact) mass is 520 g/mol. The van der Waals surface area contributed by atoms with Gasteiger partial charge in [-0.15, -0.1) is 24.0 Å². The minimum atomic E-state index is 0. The topological polar surface area (TPSA) is 40.1 Å². The van der Waals surface area contributed by atoms with E-state index in [2.05, 4.69) is 68.6 Å². The summed E-state index contributed by atoms with van der Waals surface area (Å²) in [6.07, 6.45) is 4.36. The Balaban J connectivity index is 0.00000256. The molecule has 2 aromatic carbocycles. The number of rotatable bonds is 5. The van der Waals surface area contributed by atoms with Gasteiger partial charge < -0.3 is 15.0 Å². The van der Waals surface area contributed by atoms with Crippen LogP contribution in [0.2, 0.25) is 0 Å². The van der Waals surface area contributed by atoms with Gasteiger partial charge in [0.1, 0.15) is 0 Å². The molecular formula is C24H33IN4O. The Morgan fingerprint density at radius 1 is 1.07 bits per heavy atom. The Bertz CT molecular complexity index is 869. The summed E-state index contributed by atoms with van der Waals surface area (Å²) in [6.45, 7) is 7.73. The van der Waals surface area contributed by atoms with Crippen molar-refractivity contribution in [2.75, 3.05) is 53.0 Å². The predicted octanol–water partition coefficient (Wildman–Crippen LogP) is 3.89. The Hall–Kier alpha value is -1.64. The van der Waals surface area contributed by atoms with E-state index in [1.807, 2.05) is 7.05 Å². The van der Waals surface area contributed by atoms with Gasteiger partial charge in [0.15, 0.2) is 5.96 Å². The molecule has 1 saturated heterocycles. The van der Waals surface area contributed by atoms with E-state index in [1.165, 1.54) is 21.9 Å². The highest BCUT2D eigenvalue weighted by Crippen LogP contribution is 2.20. The van der Waals surface area contributed by atoms with Crippen LogP contribution in [0.1, 0.15) is 18.4 Å². The first-order valence-electron chi connectivity index (χ1n) is 10.7. The molecule has 0 unspecified atom stereocenters. The van der Waals surface area contributed by atoms with Crippen LogP contribution in [0.15, 0.2) is 59.1 Å². The number of halogens is 1. The number of fused-ring (bicyclic) bond motifs is 1. The third kappa shape index (κ3) is 5.95. The normalized spacial score (nSPS) is 18.1. The number of guanidine groups is 1. The van der Waals surface area contributed by atoms with Gasteiger partial charge in [0.05, 0.1) is 13.2 Å². The number of piperazine rings is 1. The molecule has 2 aliphatic heterocycles. The summed E-state index contributed by atoms with van der Waals surface area (Å²) in [6, 6.07) is 15.3. The second-order valence-corrected chi connectivity index (χ2v) is 7.81. The van der Waals surface area contributed by atoms with E-state index < -0.39 is 0 Å². The number of hydrogen-bond donors (Lipinski definition) is 1. The number of aliphatic imine (C=N–C) groups is 1. The van der Waals surface area contributed by atoms with Crippen LogP contribution in [0.3, 0.4) is 0 Å². The highest BCUT2D eigenvalue weighted by molar-refractivity contribution is 14.0. The Morgan fingerprint density at radius 2 is 1.87 bits per heavy atom. The van der Waals surface area contributed by atoms with Crippen molar-refractivity contribution in [3.8, 4) is 0 Å². The van der Waals surface area contributed by atoms with Gasteiger partial charge in [0.25, 0.3) is 0 Å². The minimum absolute atomic E-state index is 0. The van der Waals surface area contributed by atoms with Crippen LogP contribution in [0.25, 0.3) is 10.8 Å². The fourth-order valence-electron chi connectivity index (χ4n) is 4.25. The average Bonchev–Trinajstić information content (AvgIpc) is 2.78. The summed E-state index contributed by atoms with van der Waals surface area (Å²) in [5.74, 6) is 1.03. The van der Waals surface area contributed by atoms with Crippen LogP contribution in [0.5, 0.6) is 0 Å². The number of nitrogens with zero attached hydrogens (tertiary/aromatic N) is 3. The first-order chi connectivity index (χ1) is 14.3. The molecule has 1 fully saturated rings. The molecule has 0 aliphatic carbocycles. The van der Waals surface area contributed by atoms with E-state index in [9.17, 15) is 0 Å². The molecule has 162 valence electrons. The predicted molar refractivity (Wildman–Crippen MR) is 136 cm³/mol. The van der Waals surface area contributed by atoms with Crippen LogP contribution in [0, 0.1) is 0 Å². The van der Waals surface area contributed by atoms with Crippen LogP contribution < -0.4 is 5.32 Å². The van der Waals surface area contributed by atoms with E-state index in [4.69, 9.17) is 4.74 Å². The molecule has 0 atom stereocenters. The lowest BCUT2D eigenvalue weighted by molar-refractivity contribution is 0.153. The number of nitrogens with one attached hydrogen (secondary N) is 1. The smallest absolute Gasteiger partial charge is 0.193 e. The summed E-state index contributed by atoms with van der Waals surface area (Å²) < 4.78 is 5.39. The number of ether oxygens (including phenoxy) is 1. The fourth-order valence-corrected chi connectivity index (χ4v) is 4.25. The van der Waals surface area contributed by atoms with Crippen molar-refractivity contribution in [3.63, 3.8) is 0 Å². The van der Waals surface area contributed by atoms with Gasteiger partial charge in [0.2, 0.25) is 0 Å². The van der Waals surface area contributed by atoms with E-state index in [0.717, 1.165) is 71.3 Å². The van der Waals surface area contributed by atoms with Crippen LogP contribution >= 0.6 is 24.0 Å². The first-order valence-corrected chi connectivity index (χ1v) is 10.7. The van der Waals surface area contributed by atoms with Crippen molar-refractivity contribution >= 4 is 40.7 Å². The van der Waals surface area contributed by atoms with E-state index in [0.29, 0.717) is 0 Å². The van der Waals surface area contributed by atoms with Gasteiger partial charge in [-0.1, -0.05) is 54.1 Å². The highest BCUT2D eigenvalue weighted by Gasteiger charge is 2.20. The molecule has 2 aromatic rings. The fraction of sp³-hybridized carbons (Fsp3) is 0.458. The zero-order valence-corrected chi connectivity index (χ0v) is 20.2. The molecule has 6 heteroatoms. The standard InChI is InChI=1S/C24H32N4O.HI/c1-25-24(26-12-9-20-10-17-29-18-11-20)28-15-13-27(14-16-28)19-22-7-4-6-21-5-2-3-8-23(21)22;/h2-8,10H,9,11-19H2,1H3,(H,25,26);1H. The largest absolute Gasteiger partial charge is 0.377 e. The maximum absolute atomic E-state index is 5.39. The van der Waals surface area contributed by atoms with Crippen LogP contribution in [0.4, 0.5) is 0 Å². The van der Waals surface area contributed by atoms with Crippen molar-refractivity contribution < 1.29 is 4.74 Å². The molecule has 0 spiro atoms. The summed E-state index contributed by atoms with van der Waals surface area (Å²) >= 11 is 0. The lowest BCUT2D eigenvalue weighted by atomic mass is 10.0. The molecule has 2 heterocycles. The third-order valence-corrected chi connectivity index (χ3v) is 5.94. The van der Waals surface area contributed by atoms with Crippen molar-refractivity contribution in [2.24, 2.45) is 4.99 Å². The van der Waals surface area contributed by atoms with Crippen LogP contribution in [-0.2, 0) is 11.3 Å². The van der Waals surface area contributed by atoms with Crippen molar-refractivity contribution in [2.45, 2.75) is 19.4 Å². The molecule has 5 nitrogen and oxygen atoms in total. The average molecular weight is 520 g/mol. The summed E-state index contributed by atoms with van der Waals surface area (Å²) in [5, 5.41) is 6.25. The zero-order chi connectivity index (χ0) is 19.9. The van der Waals surface area contributed by atoms with Gasteiger partial charge >= 0.3 is 0 Å². The van der Waals surface area contributed by atoms with Gasteiger partial charge in [-0.2, -0.15) is 0 Å². The molecule has 0 amide bonds. The molecule has 0 aromatic heterocycles. The lowest BCUT2D eigenvalue weighted by Gasteiger charge is -2.36. The third-order valence-electron chi connectivity index (χ3n) is 5.94. The van der Waals surface area contributed by atoms with Crippen molar-refractivity contribution in [1.29, 1.82) is 0 Å². The second kappa shape index (κ2) is 11.7. The zero-order valence-electron chi connectivity index (χ0n) is 17.8. The summed E-state index contributed by atoms with van der Waals surface area (Å²) in [7, 11) is 1.89. The molecule has 2 aliphatic rings. The lowest BCUT2D eigenvalue weighted by Crippen LogP contribution is -2.52. The first kappa shape index (κ1) is 23.0. The van der Waals surface area contributed by atoms with Crippen molar-refractivity contribution in [1.82, 2.24) is 15.1 Å². The SMILES string of the molecule is CN=C(NCCC1=CCOCC1)N1CCN(Cc2cccc3ccccc23)CC1.I. The van der Waals surface area contributed by atoms with Gasteiger partial charge in [-0.3, -0.25) is 9.89 Å². The molecule has 0 saturated carbocycles. The Kier molecular flexibility index (Phi) is 8.96. The van der Waals surface area contributed by atoms with Gasteiger partial charge in [-0.05, 0) is 29.2 Å². The van der Waals surface area contributed by atoms with Gasteiger partial charge in [0, 0.05) is 46.3 Å². The van der Waals surface area contributed by atoms with Crippen LogP contribution in [-0.4, -0.2) is 68.7 Å². The van der Waals surface area contributed by atoms with Gasteiger partial charge in [-0.25, -0.2) is 0 Å². The summed E-state index contributed by atoms with van der Waals surface area (Å²) in [5.41, 5.74) is 2.92. The Morgan fingerprint density at radius 3 is 2.63 bits per heavy atom. The number of benzene rings is 2. The second-order valence-electron chi connectivity index (χ2n) is 7.81. The quantitative estimate of drug-likeness (QED) is 0.281. The maximum atomic E-state index is 5.39. The molecule has 30 heavy (non-hydrogen) atoms. The van der Waals surface area contributed by atoms with E-state index in [-0.39, 0.29) is 24.0 Å². The molecule has 0 radical (unpaired) electrons. The van der Waals surface area contributed by atoms with E-state index in [1.54, 1.807) is 0 Å². The maximum Gasteiger partial charge on any atom is 0.193 e. The highest BCUT2D eigenvalue weighted by atomic mass is 127. The minimum Gasteiger partial charge on any atom is -0.377 e. The summed E-state index contributed by atoms with van der Waals surface area (Å²) in [4.78, 5) is 9.45.